The van der Waals surface area contributed by atoms with Gasteiger partial charge in [0.1, 0.15) is 0 Å². The van der Waals surface area contributed by atoms with Gasteiger partial charge in [0.15, 0.2) is 0 Å². The quantitative estimate of drug-likeness (QED) is 0.846. The summed E-state index contributed by atoms with van der Waals surface area (Å²) in [6, 6.07) is 8.35. The summed E-state index contributed by atoms with van der Waals surface area (Å²) in [4.78, 5) is 0. The Morgan fingerprint density at radius 2 is 2.06 bits per heavy atom. The summed E-state index contributed by atoms with van der Waals surface area (Å²) in [6.45, 7) is 2.88. The molecule has 2 N–H and O–H groups in total. The van der Waals surface area contributed by atoms with Crippen LogP contribution in [0.3, 0.4) is 0 Å². The molecule has 2 rings (SSSR count). The molecule has 0 aliphatic rings. The van der Waals surface area contributed by atoms with Gasteiger partial charge in [0.25, 0.3) is 0 Å². The highest BCUT2D eigenvalue weighted by Gasteiger charge is 2.06. The molecule has 4 heteroatoms. The third-order valence-corrected chi connectivity index (χ3v) is 2.94. The molecule has 0 saturated carbocycles. The van der Waals surface area contributed by atoms with Gasteiger partial charge in [-0.25, -0.2) is 4.68 Å². The smallest absolute Gasteiger partial charge is 0.0832 e. The molecule has 96 valence electrons. The highest BCUT2D eigenvalue weighted by Crippen LogP contribution is 2.15. The van der Waals surface area contributed by atoms with E-state index in [0.29, 0.717) is 6.54 Å². The number of hydrogen-bond donors (Lipinski definition) is 1. The Hall–Kier alpha value is -1.68. The van der Waals surface area contributed by atoms with Crippen molar-refractivity contribution in [3.63, 3.8) is 0 Å². The van der Waals surface area contributed by atoms with Crippen molar-refractivity contribution in [1.82, 2.24) is 15.0 Å². The van der Waals surface area contributed by atoms with Crippen molar-refractivity contribution in [3.05, 3.63) is 41.7 Å². The summed E-state index contributed by atoms with van der Waals surface area (Å²) >= 11 is 0. The van der Waals surface area contributed by atoms with Gasteiger partial charge < -0.3 is 5.73 Å². The van der Waals surface area contributed by atoms with Crippen molar-refractivity contribution < 1.29 is 0 Å². The van der Waals surface area contributed by atoms with Gasteiger partial charge in [-0.2, -0.15) is 0 Å². The second kappa shape index (κ2) is 6.31. The van der Waals surface area contributed by atoms with Crippen LogP contribution in [-0.4, -0.2) is 21.5 Å². The number of aromatic nitrogens is 3. The number of nitrogens with zero attached hydrogens (tertiary/aromatic N) is 3. The fraction of sp³-hybridized carbons (Fsp3) is 0.429. The van der Waals surface area contributed by atoms with Crippen molar-refractivity contribution in [3.8, 4) is 5.69 Å². The summed E-state index contributed by atoms with van der Waals surface area (Å²) in [5.74, 6) is 0. The lowest BCUT2D eigenvalue weighted by Crippen LogP contribution is -2.00. The van der Waals surface area contributed by atoms with Crippen molar-refractivity contribution in [2.45, 2.75) is 32.6 Å². The zero-order chi connectivity index (χ0) is 12.8. The van der Waals surface area contributed by atoms with E-state index in [9.17, 15) is 0 Å². The molecule has 0 radical (unpaired) electrons. The Morgan fingerprint density at radius 1 is 1.22 bits per heavy atom. The minimum absolute atomic E-state index is 0.694. The Morgan fingerprint density at radius 3 is 2.83 bits per heavy atom. The molecular formula is C14H20N4. The molecule has 0 amide bonds. The molecule has 0 atom stereocenters. The van der Waals surface area contributed by atoms with Crippen LogP contribution in [-0.2, 0) is 12.8 Å². The second-order valence-corrected chi connectivity index (χ2v) is 4.43. The van der Waals surface area contributed by atoms with Crippen LogP contribution in [0.1, 0.15) is 31.0 Å². The maximum Gasteiger partial charge on any atom is 0.0832 e. The molecule has 2 aromatic rings. The fourth-order valence-electron chi connectivity index (χ4n) is 2.03. The van der Waals surface area contributed by atoms with Crippen LogP contribution >= 0.6 is 0 Å². The first-order valence-electron chi connectivity index (χ1n) is 6.54. The van der Waals surface area contributed by atoms with E-state index in [1.807, 2.05) is 16.9 Å². The second-order valence-electron chi connectivity index (χ2n) is 4.43. The maximum atomic E-state index is 5.50. The minimum Gasteiger partial charge on any atom is -0.330 e. The third kappa shape index (κ3) is 2.96. The molecule has 1 heterocycles. The normalized spacial score (nSPS) is 10.8. The van der Waals surface area contributed by atoms with Gasteiger partial charge in [0.2, 0.25) is 0 Å². The number of hydrogen-bond acceptors (Lipinski definition) is 3. The molecule has 0 aliphatic carbocycles. The van der Waals surface area contributed by atoms with Crippen LogP contribution in [0.2, 0.25) is 0 Å². The molecular weight excluding hydrogens is 224 g/mol. The number of rotatable bonds is 6. The van der Waals surface area contributed by atoms with Crippen molar-refractivity contribution >= 4 is 0 Å². The molecule has 0 bridgehead atoms. The predicted molar refractivity (Wildman–Crippen MR) is 72.7 cm³/mol. The van der Waals surface area contributed by atoms with E-state index in [4.69, 9.17) is 5.73 Å². The van der Waals surface area contributed by atoms with E-state index in [0.717, 1.165) is 37.1 Å². The Labute approximate surface area is 108 Å². The van der Waals surface area contributed by atoms with Gasteiger partial charge in [-0.1, -0.05) is 36.8 Å². The first-order valence-corrected chi connectivity index (χ1v) is 6.54. The molecule has 0 fully saturated rings. The van der Waals surface area contributed by atoms with Crippen LogP contribution in [0.25, 0.3) is 5.69 Å². The number of benzene rings is 1. The number of nitrogens with two attached hydrogens (primary N) is 1. The molecule has 0 saturated heterocycles. The SMILES string of the molecule is CCCc1ccccc1-n1cc(CCCN)nn1. The van der Waals surface area contributed by atoms with E-state index < -0.39 is 0 Å². The molecule has 0 aliphatic heterocycles. The van der Waals surface area contributed by atoms with Crippen molar-refractivity contribution in [1.29, 1.82) is 0 Å². The zero-order valence-electron chi connectivity index (χ0n) is 10.8. The summed E-state index contributed by atoms with van der Waals surface area (Å²) in [7, 11) is 0. The lowest BCUT2D eigenvalue weighted by molar-refractivity contribution is 0.770. The Balaban J connectivity index is 2.22. The van der Waals surface area contributed by atoms with Gasteiger partial charge in [0.05, 0.1) is 17.6 Å². The molecule has 18 heavy (non-hydrogen) atoms. The van der Waals surface area contributed by atoms with Crippen LogP contribution in [0.4, 0.5) is 0 Å². The topological polar surface area (TPSA) is 56.7 Å². The van der Waals surface area contributed by atoms with Gasteiger partial charge in [-0.15, -0.1) is 5.10 Å². The molecule has 4 nitrogen and oxygen atoms in total. The largest absolute Gasteiger partial charge is 0.330 e. The van der Waals surface area contributed by atoms with Gasteiger partial charge in [-0.3, -0.25) is 0 Å². The van der Waals surface area contributed by atoms with Crippen molar-refractivity contribution in [2.24, 2.45) is 5.73 Å². The van der Waals surface area contributed by atoms with Crippen LogP contribution < -0.4 is 5.73 Å². The first-order chi connectivity index (χ1) is 8.85. The maximum absolute atomic E-state index is 5.50. The van der Waals surface area contributed by atoms with Gasteiger partial charge in [-0.05, 0) is 37.4 Å². The lowest BCUT2D eigenvalue weighted by atomic mass is 10.1. The average Bonchev–Trinajstić information content (AvgIpc) is 2.86. The van der Waals surface area contributed by atoms with E-state index in [1.165, 1.54) is 5.56 Å². The standard InChI is InChI=1S/C14H20N4/c1-2-6-12-7-3-4-9-14(12)18-11-13(16-17-18)8-5-10-15/h3-4,7,9,11H,2,5-6,8,10,15H2,1H3. The summed E-state index contributed by atoms with van der Waals surface area (Å²) < 4.78 is 1.87. The highest BCUT2D eigenvalue weighted by molar-refractivity contribution is 5.40. The Kier molecular flexibility index (Phi) is 4.47. The summed E-state index contributed by atoms with van der Waals surface area (Å²) in [5.41, 5.74) is 8.95. The molecule has 1 aromatic heterocycles. The van der Waals surface area contributed by atoms with E-state index in [-0.39, 0.29) is 0 Å². The monoisotopic (exact) mass is 244 g/mol. The fourth-order valence-corrected chi connectivity index (χ4v) is 2.03. The van der Waals surface area contributed by atoms with E-state index >= 15 is 0 Å². The number of aryl methyl sites for hydroxylation is 2. The van der Waals surface area contributed by atoms with E-state index in [1.54, 1.807) is 0 Å². The van der Waals surface area contributed by atoms with Gasteiger partial charge in [0, 0.05) is 0 Å². The zero-order valence-corrected chi connectivity index (χ0v) is 10.8. The van der Waals surface area contributed by atoms with Crippen LogP contribution in [0, 0.1) is 0 Å². The highest BCUT2D eigenvalue weighted by atomic mass is 15.4. The molecule has 0 unspecified atom stereocenters. The van der Waals surface area contributed by atoms with Gasteiger partial charge >= 0.3 is 0 Å². The average molecular weight is 244 g/mol. The van der Waals surface area contributed by atoms with E-state index in [2.05, 4.69) is 35.4 Å². The third-order valence-electron chi connectivity index (χ3n) is 2.94. The van der Waals surface area contributed by atoms with Crippen molar-refractivity contribution in [2.75, 3.05) is 6.54 Å². The molecule has 1 aromatic carbocycles. The lowest BCUT2D eigenvalue weighted by Gasteiger charge is -2.07. The van der Waals surface area contributed by atoms with Crippen LogP contribution in [0.5, 0.6) is 0 Å². The predicted octanol–water partition coefficient (Wildman–Crippen LogP) is 2.11. The minimum atomic E-state index is 0.694. The molecule has 0 spiro atoms. The summed E-state index contributed by atoms with van der Waals surface area (Å²) in [6.07, 6.45) is 6.05. The first kappa shape index (κ1) is 12.8. The number of para-hydroxylation sites is 1. The Bertz CT molecular complexity index is 490. The van der Waals surface area contributed by atoms with Crippen LogP contribution in [0.15, 0.2) is 30.5 Å². The summed E-state index contributed by atoms with van der Waals surface area (Å²) in [5, 5.41) is 8.40.